The number of carbonyl (C=O) groups is 2. The molecule has 1 amide bonds. The second-order valence-corrected chi connectivity index (χ2v) is 9.12. The van der Waals surface area contributed by atoms with E-state index >= 15 is 0 Å². The predicted molar refractivity (Wildman–Crippen MR) is 126 cm³/mol. The van der Waals surface area contributed by atoms with Crippen molar-refractivity contribution < 1.29 is 14.7 Å². The number of nitrogens with zero attached hydrogens (tertiary/aromatic N) is 1. The third-order valence-electron chi connectivity index (χ3n) is 5.41. The number of hydrogen-bond acceptors (Lipinski definition) is 5. The molecule has 31 heavy (non-hydrogen) atoms. The fraction of sp³-hybridized carbons (Fsp3) is 0.240. The Morgan fingerprint density at radius 1 is 1.10 bits per heavy atom. The van der Waals surface area contributed by atoms with Gasteiger partial charge in [-0.3, -0.25) is 9.59 Å². The summed E-state index contributed by atoms with van der Waals surface area (Å²) in [6.07, 6.45) is 0.415. The van der Waals surface area contributed by atoms with E-state index in [0.29, 0.717) is 33.8 Å². The van der Waals surface area contributed by atoms with Gasteiger partial charge in [0.25, 0.3) is 5.91 Å². The van der Waals surface area contributed by atoms with E-state index in [1.54, 1.807) is 19.9 Å². The van der Waals surface area contributed by atoms with Crippen LogP contribution in [0.25, 0.3) is 21.0 Å². The van der Waals surface area contributed by atoms with Gasteiger partial charge in [0.1, 0.15) is 5.82 Å². The van der Waals surface area contributed by atoms with Crippen LogP contribution in [0.5, 0.6) is 0 Å². The molecule has 2 N–H and O–H groups in total. The van der Waals surface area contributed by atoms with Crippen LogP contribution < -0.4 is 5.32 Å². The number of aromatic nitrogens is 1. The van der Waals surface area contributed by atoms with E-state index in [1.165, 1.54) is 11.3 Å². The first kappa shape index (κ1) is 21.2. The first-order valence-corrected chi connectivity index (χ1v) is 11.0. The zero-order valence-corrected chi connectivity index (χ0v) is 18.8. The topological polar surface area (TPSA) is 79.3 Å². The first-order valence-electron chi connectivity index (χ1n) is 10.2. The average Bonchev–Trinajstić information content (AvgIpc) is 3.08. The van der Waals surface area contributed by atoms with Gasteiger partial charge in [-0.15, -0.1) is 11.3 Å². The quantitative estimate of drug-likeness (QED) is 0.389. The van der Waals surface area contributed by atoms with E-state index < -0.39 is 5.60 Å². The van der Waals surface area contributed by atoms with Gasteiger partial charge in [0.05, 0.1) is 16.0 Å². The molecule has 0 saturated carbocycles. The zero-order chi connectivity index (χ0) is 22.3. The molecule has 0 aliphatic carbocycles. The molecule has 4 aromatic rings. The second-order valence-electron chi connectivity index (χ2n) is 8.10. The van der Waals surface area contributed by atoms with E-state index in [9.17, 15) is 14.7 Å². The van der Waals surface area contributed by atoms with Crippen molar-refractivity contribution in [2.75, 3.05) is 5.32 Å². The maximum absolute atomic E-state index is 13.2. The van der Waals surface area contributed by atoms with Crippen LogP contribution in [0.3, 0.4) is 0 Å². The third-order valence-corrected chi connectivity index (χ3v) is 6.75. The molecular formula is C25H24N2O3S. The Hall–Kier alpha value is -3.09. The molecule has 0 bridgehead atoms. The van der Waals surface area contributed by atoms with Crippen LogP contribution in [-0.4, -0.2) is 21.8 Å². The molecule has 158 valence electrons. The molecular weight excluding hydrogens is 408 g/mol. The fourth-order valence-corrected chi connectivity index (χ4v) is 5.02. The van der Waals surface area contributed by atoms with Crippen molar-refractivity contribution in [2.24, 2.45) is 0 Å². The van der Waals surface area contributed by atoms with Crippen molar-refractivity contribution in [3.8, 4) is 0 Å². The number of carbonyl (C=O) groups excluding carboxylic acids is 2. The zero-order valence-electron chi connectivity index (χ0n) is 17.9. The smallest absolute Gasteiger partial charge is 0.267 e. The summed E-state index contributed by atoms with van der Waals surface area (Å²) >= 11 is 1.32. The van der Waals surface area contributed by atoms with Crippen molar-refractivity contribution in [1.29, 1.82) is 0 Å². The van der Waals surface area contributed by atoms with Gasteiger partial charge in [-0.2, -0.15) is 0 Å². The summed E-state index contributed by atoms with van der Waals surface area (Å²) in [6, 6.07) is 14.8. The molecule has 2 aromatic carbocycles. The molecule has 0 saturated heterocycles. The van der Waals surface area contributed by atoms with Crippen molar-refractivity contribution in [2.45, 2.75) is 39.7 Å². The number of pyridine rings is 1. The fourth-order valence-electron chi connectivity index (χ4n) is 3.79. The Bertz CT molecular complexity index is 1330. The maximum Gasteiger partial charge on any atom is 0.267 e. The largest absolute Gasteiger partial charge is 0.386 e. The summed E-state index contributed by atoms with van der Waals surface area (Å²) in [6.45, 7) is 7.15. The molecule has 2 aromatic heterocycles. The number of thiophene rings is 1. The summed E-state index contributed by atoms with van der Waals surface area (Å²) in [4.78, 5) is 30.6. The predicted octanol–water partition coefficient (Wildman–Crippen LogP) is 5.83. The van der Waals surface area contributed by atoms with Crippen molar-refractivity contribution in [3.05, 3.63) is 70.1 Å². The lowest BCUT2D eigenvalue weighted by molar-refractivity contribution is 0.0801. The molecule has 0 fully saturated rings. The molecule has 0 unspecified atom stereocenters. The number of hydrogen-bond donors (Lipinski definition) is 2. The van der Waals surface area contributed by atoms with Gasteiger partial charge < -0.3 is 10.4 Å². The summed E-state index contributed by atoms with van der Waals surface area (Å²) in [5.41, 5.74) is 1.79. The van der Waals surface area contributed by atoms with Crippen LogP contribution in [0.1, 0.15) is 58.3 Å². The van der Waals surface area contributed by atoms with Gasteiger partial charge in [-0.25, -0.2) is 4.98 Å². The molecule has 5 nitrogen and oxygen atoms in total. The molecule has 0 aliphatic heterocycles. The summed E-state index contributed by atoms with van der Waals surface area (Å²) < 4.78 is 0.834. The van der Waals surface area contributed by atoms with Crippen LogP contribution in [0, 0.1) is 6.92 Å². The first-order chi connectivity index (χ1) is 14.7. The number of aliphatic hydroxyl groups is 1. The van der Waals surface area contributed by atoms with E-state index in [2.05, 4.69) is 10.3 Å². The Kier molecular flexibility index (Phi) is 5.37. The number of nitrogens with one attached hydrogen (secondary N) is 1. The van der Waals surface area contributed by atoms with E-state index in [0.717, 1.165) is 21.0 Å². The van der Waals surface area contributed by atoms with Crippen molar-refractivity contribution in [1.82, 2.24) is 4.98 Å². The van der Waals surface area contributed by atoms with Gasteiger partial charge in [-0.05, 0) is 55.5 Å². The van der Waals surface area contributed by atoms with Crippen LogP contribution in [0.15, 0.2) is 48.5 Å². The normalized spacial score (nSPS) is 11.8. The highest BCUT2D eigenvalue weighted by Crippen LogP contribution is 2.35. The Balaban J connectivity index is 1.77. The van der Waals surface area contributed by atoms with Gasteiger partial charge in [0.2, 0.25) is 0 Å². The van der Waals surface area contributed by atoms with Gasteiger partial charge >= 0.3 is 0 Å². The number of para-hydroxylation sites is 1. The highest BCUT2D eigenvalue weighted by atomic mass is 32.1. The lowest BCUT2D eigenvalue weighted by Crippen LogP contribution is -2.18. The average molecular weight is 433 g/mol. The molecule has 6 heteroatoms. The molecule has 0 aliphatic rings. The van der Waals surface area contributed by atoms with E-state index in [1.807, 2.05) is 56.3 Å². The van der Waals surface area contributed by atoms with Gasteiger partial charge in [0, 0.05) is 22.1 Å². The molecule has 0 radical (unpaired) electrons. The number of ketones is 1. The number of amides is 1. The van der Waals surface area contributed by atoms with Crippen molar-refractivity contribution in [3.63, 3.8) is 0 Å². The molecule has 0 atom stereocenters. The van der Waals surface area contributed by atoms with Crippen LogP contribution in [-0.2, 0) is 5.60 Å². The Morgan fingerprint density at radius 2 is 1.81 bits per heavy atom. The van der Waals surface area contributed by atoms with E-state index in [4.69, 9.17) is 0 Å². The molecule has 2 heterocycles. The minimum absolute atomic E-state index is 0.0600. The SMILES string of the molecule is CCC(=O)c1cccc2c(C)c(C(=O)Nc3cc(C(C)(C)O)c4ccccc4n3)sc12. The number of rotatable bonds is 5. The van der Waals surface area contributed by atoms with Gasteiger partial charge in [-0.1, -0.05) is 37.3 Å². The highest BCUT2D eigenvalue weighted by molar-refractivity contribution is 7.21. The minimum atomic E-state index is -1.09. The summed E-state index contributed by atoms with van der Waals surface area (Å²) in [7, 11) is 0. The Morgan fingerprint density at radius 3 is 2.52 bits per heavy atom. The summed E-state index contributed by atoms with van der Waals surface area (Å²) in [5, 5.41) is 15.3. The number of Topliss-reactive ketones (excluding diaryl/α,β-unsaturated/α-hetero) is 1. The van der Waals surface area contributed by atoms with Crippen molar-refractivity contribution >= 4 is 49.8 Å². The standard InChI is InChI=1S/C25H24N2O3S/c1-5-20(28)17-11-8-10-15-14(2)22(31-23(15)17)24(29)27-21-13-18(25(3,4)30)16-9-6-7-12-19(16)26-21/h6-13,30H,5H2,1-4H3,(H,26,27,29). The van der Waals surface area contributed by atoms with E-state index in [-0.39, 0.29) is 11.7 Å². The van der Waals surface area contributed by atoms with Crippen LogP contribution in [0.2, 0.25) is 0 Å². The third kappa shape index (κ3) is 3.84. The van der Waals surface area contributed by atoms with Gasteiger partial charge in [0.15, 0.2) is 5.78 Å². The molecule has 0 spiro atoms. The number of fused-ring (bicyclic) bond motifs is 2. The maximum atomic E-state index is 13.2. The lowest BCUT2D eigenvalue weighted by Gasteiger charge is -2.21. The highest BCUT2D eigenvalue weighted by Gasteiger charge is 2.23. The second kappa shape index (κ2) is 7.87. The lowest BCUT2D eigenvalue weighted by atomic mass is 9.94. The Labute approximate surface area is 184 Å². The number of anilines is 1. The number of benzene rings is 2. The van der Waals surface area contributed by atoms with Crippen LogP contribution in [0.4, 0.5) is 5.82 Å². The monoisotopic (exact) mass is 432 g/mol. The summed E-state index contributed by atoms with van der Waals surface area (Å²) in [5.74, 6) is 0.158. The van der Waals surface area contributed by atoms with Crippen LogP contribution >= 0.6 is 11.3 Å². The molecule has 4 rings (SSSR count). The minimum Gasteiger partial charge on any atom is -0.386 e. The number of aryl methyl sites for hydroxylation is 1.